The van der Waals surface area contributed by atoms with Gasteiger partial charge in [-0.15, -0.1) is 5.10 Å². The first-order chi connectivity index (χ1) is 8.88. The Morgan fingerprint density at radius 3 is 2.58 bits per heavy atom. The molecule has 1 rings (SSSR count). The van der Waals surface area contributed by atoms with Crippen molar-refractivity contribution in [2.75, 3.05) is 5.32 Å². The molecule has 0 aliphatic carbocycles. The fourth-order valence-corrected chi connectivity index (χ4v) is 1.48. The summed E-state index contributed by atoms with van der Waals surface area (Å²) < 4.78 is 0. The quantitative estimate of drug-likeness (QED) is 0.432. The fraction of sp³-hybridized carbons (Fsp3) is 0.308. The number of carbonyl (C=O) groups excluding carboxylic acids is 1. The average molecular weight is 261 g/mol. The average Bonchev–Trinajstić information content (AvgIpc) is 2.31. The van der Waals surface area contributed by atoms with Gasteiger partial charge in [0.2, 0.25) is 11.9 Å². The van der Waals surface area contributed by atoms with Crippen molar-refractivity contribution in [2.24, 2.45) is 21.7 Å². The van der Waals surface area contributed by atoms with Crippen LogP contribution < -0.4 is 16.8 Å². The van der Waals surface area contributed by atoms with Crippen LogP contribution in [0.25, 0.3) is 0 Å². The van der Waals surface area contributed by atoms with Gasteiger partial charge in [-0.1, -0.05) is 12.1 Å². The summed E-state index contributed by atoms with van der Waals surface area (Å²) in [5.74, 6) is -0.282. The van der Waals surface area contributed by atoms with Gasteiger partial charge in [0.15, 0.2) is 0 Å². The zero-order valence-corrected chi connectivity index (χ0v) is 11.4. The van der Waals surface area contributed by atoms with E-state index >= 15 is 0 Å². The minimum atomic E-state index is -0.152. The van der Waals surface area contributed by atoms with E-state index in [1.165, 1.54) is 0 Å². The molecular weight excluding hydrogens is 242 g/mol. The monoisotopic (exact) mass is 261 g/mol. The lowest BCUT2D eigenvalue weighted by Crippen LogP contribution is -2.22. The van der Waals surface area contributed by atoms with Crippen LogP contribution in [0.2, 0.25) is 0 Å². The Morgan fingerprint density at radius 1 is 1.26 bits per heavy atom. The van der Waals surface area contributed by atoms with Crippen LogP contribution in [0.15, 0.2) is 28.4 Å². The molecule has 19 heavy (non-hydrogen) atoms. The van der Waals surface area contributed by atoms with Crippen LogP contribution in [-0.2, 0) is 4.79 Å². The van der Waals surface area contributed by atoms with Gasteiger partial charge in [0.25, 0.3) is 0 Å². The van der Waals surface area contributed by atoms with Crippen molar-refractivity contribution in [3.63, 3.8) is 0 Å². The number of nitrogens with two attached hydrogens (primary N) is 2. The zero-order valence-electron chi connectivity index (χ0n) is 11.4. The zero-order chi connectivity index (χ0) is 14.4. The highest BCUT2D eigenvalue weighted by Gasteiger charge is 2.06. The molecular formula is C13H19N5O. The van der Waals surface area contributed by atoms with E-state index in [0.717, 1.165) is 16.8 Å². The summed E-state index contributed by atoms with van der Waals surface area (Å²) in [4.78, 5) is 11.8. The molecule has 1 aromatic carbocycles. The normalized spacial score (nSPS) is 11.0. The number of benzene rings is 1. The topological polar surface area (TPSA) is 106 Å². The standard InChI is InChI=1S/C13H19N5O/c1-8-4-5-9(2)11(6-8)16-12(19)7-10(3)17-18-13(14)15/h4-6H,7H2,1-3H3,(H,16,19)(H4,14,15,18). The van der Waals surface area contributed by atoms with Gasteiger partial charge in [-0.3, -0.25) is 4.79 Å². The van der Waals surface area contributed by atoms with Crippen LogP contribution >= 0.6 is 0 Å². The van der Waals surface area contributed by atoms with Crippen molar-refractivity contribution >= 4 is 23.3 Å². The maximum Gasteiger partial charge on any atom is 0.230 e. The van der Waals surface area contributed by atoms with Crippen molar-refractivity contribution in [2.45, 2.75) is 27.2 Å². The van der Waals surface area contributed by atoms with Crippen LogP contribution in [-0.4, -0.2) is 17.6 Å². The molecule has 0 spiro atoms. The lowest BCUT2D eigenvalue weighted by molar-refractivity contribution is -0.115. The highest BCUT2D eigenvalue weighted by Crippen LogP contribution is 2.16. The van der Waals surface area contributed by atoms with Crippen molar-refractivity contribution in [1.82, 2.24) is 0 Å². The number of nitrogens with zero attached hydrogens (tertiary/aromatic N) is 2. The van der Waals surface area contributed by atoms with Gasteiger partial charge < -0.3 is 16.8 Å². The Morgan fingerprint density at radius 2 is 1.95 bits per heavy atom. The van der Waals surface area contributed by atoms with Gasteiger partial charge >= 0.3 is 0 Å². The maximum atomic E-state index is 11.8. The molecule has 0 atom stereocenters. The van der Waals surface area contributed by atoms with E-state index in [1.807, 2.05) is 32.0 Å². The third kappa shape index (κ3) is 5.20. The summed E-state index contributed by atoms with van der Waals surface area (Å²) in [6.07, 6.45) is 0.143. The number of aryl methyl sites for hydroxylation is 2. The Hall–Kier alpha value is -2.37. The summed E-state index contributed by atoms with van der Waals surface area (Å²) in [5, 5.41) is 10.1. The van der Waals surface area contributed by atoms with E-state index in [-0.39, 0.29) is 18.3 Å². The van der Waals surface area contributed by atoms with Crippen LogP contribution in [0.3, 0.4) is 0 Å². The number of anilines is 1. The number of carbonyl (C=O) groups is 1. The first kappa shape index (κ1) is 14.7. The molecule has 0 saturated heterocycles. The number of guanidine groups is 1. The molecule has 102 valence electrons. The predicted octanol–water partition coefficient (Wildman–Crippen LogP) is 1.28. The lowest BCUT2D eigenvalue weighted by Gasteiger charge is -2.08. The van der Waals surface area contributed by atoms with Crippen LogP contribution in [0, 0.1) is 13.8 Å². The summed E-state index contributed by atoms with van der Waals surface area (Å²) >= 11 is 0. The van der Waals surface area contributed by atoms with Gasteiger partial charge in [0.05, 0.1) is 6.42 Å². The van der Waals surface area contributed by atoms with Gasteiger partial charge in [-0.2, -0.15) is 5.10 Å². The molecule has 6 nitrogen and oxygen atoms in total. The van der Waals surface area contributed by atoms with E-state index in [4.69, 9.17) is 11.5 Å². The van der Waals surface area contributed by atoms with E-state index in [0.29, 0.717) is 5.71 Å². The number of rotatable bonds is 4. The lowest BCUT2D eigenvalue weighted by atomic mass is 10.1. The fourth-order valence-electron chi connectivity index (χ4n) is 1.48. The smallest absolute Gasteiger partial charge is 0.230 e. The third-order valence-electron chi connectivity index (χ3n) is 2.42. The molecule has 0 bridgehead atoms. The van der Waals surface area contributed by atoms with Gasteiger partial charge in [0, 0.05) is 11.4 Å². The van der Waals surface area contributed by atoms with Crippen molar-refractivity contribution in [1.29, 1.82) is 0 Å². The molecule has 1 aromatic rings. The SMILES string of the molecule is CC(CC(=O)Nc1cc(C)ccc1C)=NN=C(N)N. The van der Waals surface area contributed by atoms with Gasteiger partial charge in [-0.05, 0) is 38.0 Å². The molecule has 0 heterocycles. The second-order valence-electron chi connectivity index (χ2n) is 4.40. The van der Waals surface area contributed by atoms with Crippen LogP contribution in [0.1, 0.15) is 24.5 Å². The molecule has 0 aromatic heterocycles. The second kappa shape index (κ2) is 6.53. The number of hydrogen-bond acceptors (Lipinski definition) is 3. The predicted molar refractivity (Wildman–Crippen MR) is 78.1 cm³/mol. The first-order valence-corrected chi connectivity index (χ1v) is 5.87. The van der Waals surface area contributed by atoms with E-state index in [2.05, 4.69) is 15.5 Å². The third-order valence-corrected chi connectivity index (χ3v) is 2.42. The highest BCUT2D eigenvalue weighted by atomic mass is 16.1. The molecule has 1 amide bonds. The largest absolute Gasteiger partial charge is 0.369 e. The number of amides is 1. The summed E-state index contributed by atoms with van der Waals surface area (Å²) in [5.41, 5.74) is 13.7. The Labute approximate surface area is 112 Å². The Bertz CT molecular complexity index is 530. The Balaban J connectivity index is 2.68. The minimum Gasteiger partial charge on any atom is -0.369 e. The number of hydrogen-bond donors (Lipinski definition) is 3. The molecule has 0 aliphatic heterocycles. The molecule has 0 aliphatic rings. The molecule has 0 fully saturated rings. The first-order valence-electron chi connectivity index (χ1n) is 5.87. The molecule has 6 heteroatoms. The maximum absolute atomic E-state index is 11.8. The molecule has 5 N–H and O–H groups in total. The van der Waals surface area contributed by atoms with E-state index in [9.17, 15) is 4.79 Å². The van der Waals surface area contributed by atoms with Gasteiger partial charge in [-0.25, -0.2) is 0 Å². The molecule has 0 saturated carbocycles. The second-order valence-corrected chi connectivity index (χ2v) is 4.40. The van der Waals surface area contributed by atoms with Crippen molar-refractivity contribution in [3.05, 3.63) is 29.3 Å². The molecule has 0 radical (unpaired) electrons. The minimum absolute atomic E-state index is 0.130. The van der Waals surface area contributed by atoms with Crippen molar-refractivity contribution < 1.29 is 4.79 Å². The van der Waals surface area contributed by atoms with Crippen LogP contribution in [0.4, 0.5) is 5.69 Å². The highest BCUT2D eigenvalue weighted by molar-refractivity contribution is 6.05. The van der Waals surface area contributed by atoms with Crippen molar-refractivity contribution in [3.8, 4) is 0 Å². The van der Waals surface area contributed by atoms with Gasteiger partial charge in [0.1, 0.15) is 0 Å². The molecule has 0 unspecified atom stereocenters. The summed E-state index contributed by atoms with van der Waals surface area (Å²) in [7, 11) is 0. The van der Waals surface area contributed by atoms with Crippen LogP contribution in [0.5, 0.6) is 0 Å². The Kier molecular flexibility index (Phi) is 5.05. The summed E-state index contributed by atoms with van der Waals surface area (Å²) in [6.45, 7) is 5.60. The number of nitrogens with one attached hydrogen (secondary N) is 1. The summed E-state index contributed by atoms with van der Waals surface area (Å²) in [6, 6.07) is 5.89. The van der Waals surface area contributed by atoms with E-state index in [1.54, 1.807) is 6.92 Å². The van der Waals surface area contributed by atoms with E-state index < -0.39 is 0 Å².